The zero-order valence-electron chi connectivity index (χ0n) is 16.4. The Kier molecular flexibility index (Phi) is 6.38. The number of rotatable bonds is 8. The lowest BCUT2D eigenvalue weighted by molar-refractivity contribution is 0.340. The van der Waals surface area contributed by atoms with E-state index in [1.807, 2.05) is 61.5 Å². The van der Waals surface area contributed by atoms with Gasteiger partial charge in [-0.25, -0.2) is 0 Å². The van der Waals surface area contributed by atoms with Gasteiger partial charge in [0.1, 0.15) is 11.8 Å². The monoisotopic (exact) mass is 391 g/mol. The largest absolute Gasteiger partial charge is 0.494 e. The van der Waals surface area contributed by atoms with Crippen molar-refractivity contribution in [3.63, 3.8) is 0 Å². The molecule has 29 heavy (non-hydrogen) atoms. The fourth-order valence-electron chi connectivity index (χ4n) is 2.62. The molecule has 0 amide bonds. The van der Waals surface area contributed by atoms with Gasteiger partial charge in [0.2, 0.25) is 17.5 Å². The number of anilines is 2. The summed E-state index contributed by atoms with van der Waals surface area (Å²) in [6.45, 7) is 2.53. The summed E-state index contributed by atoms with van der Waals surface area (Å²) in [6, 6.07) is 14.9. The van der Waals surface area contributed by atoms with Gasteiger partial charge in [-0.05, 0) is 55.0 Å². The third-order valence-corrected chi connectivity index (χ3v) is 4.00. The van der Waals surface area contributed by atoms with E-state index in [4.69, 9.17) is 18.6 Å². The molecule has 0 radical (unpaired) electrons. The van der Waals surface area contributed by atoms with Crippen molar-refractivity contribution < 1.29 is 18.6 Å². The standard InChI is InChI=1S/C22H21N3O4/c1-4-28-17-9-7-16(8-10-17)24-22-18(14-23)25-21(29-22)12-6-15-5-11-19(26-2)20(13-15)27-3/h5-13,24H,4H2,1-3H3/b12-6+. The summed E-state index contributed by atoms with van der Waals surface area (Å²) in [6.07, 6.45) is 3.50. The smallest absolute Gasteiger partial charge is 0.236 e. The Balaban J connectivity index is 1.77. The van der Waals surface area contributed by atoms with E-state index >= 15 is 0 Å². The lowest BCUT2D eigenvalue weighted by atomic mass is 10.2. The van der Waals surface area contributed by atoms with Crippen LogP contribution >= 0.6 is 0 Å². The van der Waals surface area contributed by atoms with Crippen LogP contribution in [0.4, 0.5) is 11.6 Å². The average Bonchev–Trinajstić information content (AvgIpc) is 3.15. The van der Waals surface area contributed by atoms with Gasteiger partial charge in [0.15, 0.2) is 11.5 Å². The van der Waals surface area contributed by atoms with Gasteiger partial charge in [-0.15, -0.1) is 0 Å². The first kappa shape index (κ1) is 19.8. The maximum absolute atomic E-state index is 9.35. The van der Waals surface area contributed by atoms with E-state index in [-0.39, 0.29) is 11.6 Å². The van der Waals surface area contributed by atoms with Crippen LogP contribution in [0, 0.1) is 11.3 Å². The molecule has 0 aliphatic rings. The second-order valence-electron chi connectivity index (χ2n) is 5.87. The Labute approximate surface area is 169 Å². The summed E-state index contributed by atoms with van der Waals surface area (Å²) < 4.78 is 21.6. The number of benzene rings is 2. The minimum atomic E-state index is 0.172. The van der Waals surface area contributed by atoms with Gasteiger partial charge in [-0.2, -0.15) is 10.2 Å². The number of nitriles is 1. The SMILES string of the molecule is CCOc1ccc(Nc2oc(/C=C/c3ccc(OC)c(OC)c3)nc2C#N)cc1. The van der Waals surface area contributed by atoms with Crippen molar-refractivity contribution in [1.82, 2.24) is 4.98 Å². The number of methoxy groups -OCH3 is 2. The van der Waals surface area contributed by atoms with Crippen LogP contribution < -0.4 is 19.5 Å². The Morgan fingerprint density at radius 2 is 1.83 bits per heavy atom. The summed E-state index contributed by atoms with van der Waals surface area (Å²) in [4.78, 5) is 4.21. The van der Waals surface area contributed by atoms with Gasteiger partial charge < -0.3 is 23.9 Å². The number of nitrogens with one attached hydrogen (secondary N) is 1. The predicted molar refractivity (Wildman–Crippen MR) is 111 cm³/mol. The zero-order valence-corrected chi connectivity index (χ0v) is 16.4. The van der Waals surface area contributed by atoms with Crippen LogP contribution in [0.1, 0.15) is 24.1 Å². The molecule has 0 fully saturated rings. The zero-order chi connectivity index (χ0) is 20.6. The molecule has 0 aliphatic carbocycles. The number of oxazole rings is 1. The van der Waals surface area contributed by atoms with Crippen molar-refractivity contribution in [2.24, 2.45) is 0 Å². The first-order chi connectivity index (χ1) is 14.2. The number of nitrogens with zero attached hydrogens (tertiary/aromatic N) is 2. The molecule has 0 bridgehead atoms. The number of aromatic nitrogens is 1. The van der Waals surface area contributed by atoms with Gasteiger partial charge in [-0.3, -0.25) is 0 Å². The fourth-order valence-corrected chi connectivity index (χ4v) is 2.62. The Morgan fingerprint density at radius 3 is 2.48 bits per heavy atom. The third kappa shape index (κ3) is 4.87. The minimum absolute atomic E-state index is 0.172. The Hall–Kier alpha value is -3.92. The number of hydrogen-bond acceptors (Lipinski definition) is 7. The highest BCUT2D eigenvalue weighted by Gasteiger charge is 2.12. The molecule has 0 unspecified atom stereocenters. The quantitative estimate of drug-likeness (QED) is 0.585. The summed E-state index contributed by atoms with van der Waals surface area (Å²) in [5.74, 6) is 2.63. The Bertz CT molecular complexity index is 1030. The van der Waals surface area contributed by atoms with E-state index in [1.54, 1.807) is 20.3 Å². The molecule has 3 aromatic rings. The molecule has 1 N–H and O–H groups in total. The van der Waals surface area contributed by atoms with Gasteiger partial charge in [0.05, 0.1) is 20.8 Å². The molecule has 0 aliphatic heterocycles. The molecular weight excluding hydrogens is 370 g/mol. The van der Waals surface area contributed by atoms with Gasteiger partial charge in [0, 0.05) is 11.8 Å². The molecule has 0 saturated heterocycles. The highest BCUT2D eigenvalue weighted by molar-refractivity contribution is 5.69. The fraction of sp³-hybridized carbons (Fsp3) is 0.182. The third-order valence-electron chi connectivity index (χ3n) is 4.00. The van der Waals surface area contributed by atoms with Crippen LogP contribution in [0.5, 0.6) is 17.2 Å². The maximum atomic E-state index is 9.35. The molecule has 0 spiro atoms. The number of hydrogen-bond donors (Lipinski definition) is 1. The molecule has 7 heteroatoms. The van der Waals surface area contributed by atoms with Crippen molar-refractivity contribution in [1.29, 1.82) is 5.26 Å². The van der Waals surface area contributed by atoms with E-state index in [9.17, 15) is 5.26 Å². The maximum Gasteiger partial charge on any atom is 0.236 e. The topological polar surface area (TPSA) is 89.5 Å². The van der Waals surface area contributed by atoms with E-state index in [0.29, 0.717) is 24.0 Å². The summed E-state index contributed by atoms with van der Waals surface area (Å²) in [5, 5.41) is 12.4. The van der Waals surface area contributed by atoms with E-state index in [1.165, 1.54) is 0 Å². The molecule has 2 aromatic carbocycles. The predicted octanol–water partition coefficient (Wildman–Crippen LogP) is 4.88. The van der Waals surface area contributed by atoms with Crippen LogP contribution in [0.2, 0.25) is 0 Å². The van der Waals surface area contributed by atoms with Crippen molar-refractivity contribution in [2.75, 3.05) is 26.1 Å². The minimum Gasteiger partial charge on any atom is -0.494 e. The molecule has 0 saturated carbocycles. The number of ether oxygens (including phenoxy) is 3. The van der Waals surface area contributed by atoms with E-state index in [2.05, 4.69) is 10.3 Å². The van der Waals surface area contributed by atoms with Crippen LogP contribution in [0.3, 0.4) is 0 Å². The van der Waals surface area contributed by atoms with E-state index in [0.717, 1.165) is 17.0 Å². The average molecular weight is 391 g/mol. The van der Waals surface area contributed by atoms with Crippen molar-refractivity contribution in [3.05, 3.63) is 59.6 Å². The lowest BCUT2D eigenvalue weighted by Crippen LogP contribution is -1.93. The van der Waals surface area contributed by atoms with Gasteiger partial charge in [-0.1, -0.05) is 6.07 Å². The summed E-state index contributed by atoms with van der Waals surface area (Å²) in [7, 11) is 3.17. The first-order valence-electron chi connectivity index (χ1n) is 8.97. The van der Waals surface area contributed by atoms with Crippen molar-refractivity contribution in [3.8, 4) is 23.3 Å². The highest BCUT2D eigenvalue weighted by atomic mass is 16.5. The second-order valence-corrected chi connectivity index (χ2v) is 5.87. The molecule has 1 heterocycles. The summed E-state index contributed by atoms with van der Waals surface area (Å²) >= 11 is 0. The van der Waals surface area contributed by atoms with Crippen LogP contribution in [-0.4, -0.2) is 25.8 Å². The van der Waals surface area contributed by atoms with Crippen molar-refractivity contribution in [2.45, 2.75) is 6.92 Å². The molecule has 3 rings (SSSR count). The molecular formula is C22H21N3O4. The molecule has 7 nitrogen and oxygen atoms in total. The molecule has 0 atom stereocenters. The molecule has 148 valence electrons. The Morgan fingerprint density at radius 1 is 1.07 bits per heavy atom. The van der Waals surface area contributed by atoms with Crippen LogP contribution in [0.15, 0.2) is 46.9 Å². The van der Waals surface area contributed by atoms with Gasteiger partial charge >= 0.3 is 0 Å². The van der Waals surface area contributed by atoms with Crippen molar-refractivity contribution >= 4 is 23.7 Å². The lowest BCUT2D eigenvalue weighted by Gasteiger charge is -2.07. The second kappa shape index (κ2) is 9.33. The van der Waals surface area contributed by atoms with Crippen LogP contribution in [-0.2, 0) is 0 Å². The normalized spacial score (nSPS) is 10.6. The highest BCUT2D eigenvalue weighted by Crippen LogP contribution is 2.29. The van der Waals surface area contributed by atoms with E-state index < -0.39 is 0 Å². The van der Waals surface area contributed by atoms with Crippen LogP contribution in [0.25, 0.3) is 12.2 Å². The van der Waals surface area contributed by atoms with Gasteiger partial charge in [0.25, 0.3) is 0 Å². The molecule has 1 aromatic heterocycles. The summed E-state index contributed by atoms with van der Waals surface area (Å²) in [5.41, 5.74) is 1.81. The first-order valence-corrected chi connectivity index (χ1v) is 8.97.